The molecule has 0 saturated carbocycles. The summed E-state index contributed by atoms with van der Waals surface area (Å²) in [7, 11) is 0. The molecule has 0 unspecified atom stereocenters. The topological polar surface area (TPSA) is 46.3 Å². The fourth-order valence-electron chi connectivity index (χ4n) is 1.88. The summed E-state index contributed by atoms with van der Waals surface area (Å²) in [4.78, 5) is 13.6. The normalized spacial score (nSPS) is 20.2. The molecule has 13 heavy (non-hydrogen) atoms. The molecule has 1 aliphatic heterocycles. The first-order valence-electron chi connectivity index (χ1n) is 5.08. The van der Waals surface area contributed by atoms with Crippen molar-refractivity contribution in [2.45, 2.75) is 39.2 Å². The fourth-order valence-corrected chi connectivity index (χ4v) is 1.88. The maximum Gasteiger partial charge on any atom is 0.225 e. The van der Waals surface area contributed by atoms with Crippen LogP contribution in [0.5, 0.6) is 0 Å². The molecule has 3 nitrogen and oxygen atoms in total. The molecule has 1 fully saturated rings. The van der Waals surface area contributed by atoms with Crippen molar-refractivity contribution in [3.05, 3.63) is 0 Å². The van der Waals surface area contributed by atoms with Crippen molar-refractivity contribution in [3.63, 3.8) is 0 Å². The minimum Gasteiger partial charge on any atom is -0.339 e. The minimum atomic E-state index is -0.137. The zero-order valence-electron chi connectivity index (χ0n) is 8.84. The van der Waals surface area contributed by atoms with Crippen molar-refractivity contribution in [1.29, 1.82) is 0 Å². The highest BCUT2D eigenvalue weighted by Gasteiger charge is 2.39. The smallest absolute Gasteiger partial charge is 0.225 e. The van der Waals surface area contributed by atoms with Gasteiger partial charge in [0.15, 0.2) is 0 Å². The number of hydrogen-bond donors (Lipinski definition) is 1. The van der Waals surface area contributed by atoms with Gasteiger partial charge < -0.3 is 10.6 Å². The van der Waals surface area contributed by atoms with Gasteiger partial charge in [-0.1, -0.05) is 13.8 Å². The van der Waals surface area contributed by atoms with E-state index in [9.17, 15) is 4.79 Å². The van der Waals surface area contributed by atoms with E-state index in [4.69, 9.17) is 5.73 Å². The molecule has 0 aromatic carbocycles. The molecule has 0 radical (unpaired) electrons. The molecule has 1 amide bonds. The van der Waals surface area contributed by atoms with E-state index in [2.05, 4.69) is 13.8 Å². The molecule has 0 aliphatic carbocycles. The third-order valence-corrected chi connectivity index (χ3v) is 2.75. The molecule has 1 heterocycles. The molecule has 1 rings (SSSR count). The van der Waals surface area contributed by atoms with Crippen molar-refractivity contribution in [2.75, 3.05) is 13.1 Å². The number of rotatable bonds is 3. The van der Waals surface area contributed by atoms with Gasteiger partial charge in [-0.25, -0.2) is 0 Å². The average Bonchev–Trinajstić information content (AvgIpc) is 2.02. The predicted octanol–water partition coefficient (Wildman–Crippen LogP) is 0.982. The van der Waals surface area contributed by atoms with Crippen LogP contribution in [0.15, 0.2) is 0 Å². The highest BCUT2D eigenvalue weighted by molar-refractivity contribution is 5.79. The maximum atomic E-state index is 11.7. The molecule has 0 aromatic rings. The SMILES string of the molecule is CCC(CC)C(=O)N1CC(C)(N)C1. The van der Waals surface area contributed by atoms with Crippen LogP contribution >= 0.6 is 0 Å². The fraction of sp³-hybridized carbons (Fsp3) is 0.900. The Balaban J connectivity index is 2.42. The second kappa shape index (κ2) is 3.66. The van der Waals surface area contributed by atoms with Gasteiger partial charge in [-0.3, -0.25) is 4.79 Å². The standard InChI is InChI=1S/C10H20N2O/c1-4-8(5-2)9(13)12-6-10(3,11)7-12/h8H,4-7,11H2,1-3H3. The third-order valence-electron chi connectivity index (χ3n) is 2.75. The van der Waals surface area contributed by atoms with Gasteiger partial charge in [-0.15, -0.1) is 0 Å². The van der Waals surface area contributed by atoms with Gasteiger partial charge in [0.05, 0.1) is 0 Å². The van der Waals surface area contributed by atoms with E-state index in [-0.39, 0.29) is 17.4 Å². The van der Waals surface area contributed by atoms with Gasteiger partial charge in [0.2, 0.25) is 5.91 Å². The number of amides is 1. The molecule has 0 bridgehead atoms. The predicted molar refractivity (Wildman–Crippen MR) is 53.2 cm³/mol. The molecule has 0 aromatic heterocycles. The molecule has 76 valence electrons. The Morgan fingerprint density at radius 2 is 1.92 bits per heavy atom. The summed E-state index contributed by atoms with van der Waals surface area (Å²) < 4.78 is 0. The Morgan fingerprint density at radius 1 is 1.46 bits per heavy atom. The first kappa shape index (κ1) is 10.5. The molecule has 3 heteroatoms. The monoisotopic (exact) mass is 184 g/mol. The molecular weight excluding hydrogens is 164 g/mol. The number of carbonyl (C=O) groups excluding carboxylic acids is 1. The average molecular weight is 184 g/mol. The number of hydrogen-bond acceptors (Lipinski definition) is 2. The van der Waals surface area contributed by atoms with Gasteiger partial charge in [-0.2, -0.15) is 0 Å². The Labute approximate surface area is 80.3 Å². The number of likely N-dealkylation sites (tertiary alicyclic amines) is 1. The zero-order chi connectivity index (χ0) is 10.1. The van der Waals surface area contributed by atoms with Gasteiger partial charge >= 0.3 is 0 Å². The first-order valence-corrected chi connectivity index (χ1v) is 5.08. The van der Waals surface area contributed by atoms with E-state index >= 15 is 0 Å². The third kappa shape index (κ3) is 2.21. The summed E-state index contributed by atoms with van der Waals surface area (Å²) in [5, 5.41) is 0. The minimum absolute atomic E-state index is 0.137. The van der Waals surface area contributed by atoms with Gasteiger partial charge in [0, 0.05) is 24.5 Å². The van der Waals surface area contributed by atoms with Gasteiger partial charge in [0.25, 0.3) is 0 Å². The quantitative estimate of drug-likeness (QED) is 0.710. The molecule has 1 aliphatic rings. The van der Waals surface area contributed by atoms with Crippen molar-refractivity contribution in [1.82, 2.24) is 4.90 Å². The van der Waals surface area contributed by atoms with E-state index in [0.29, 0.717) is 0 Å². The Morgan fingerprint density at radius 3 is 2.23 bits per heavy atom. The van der Waals surface area contributed by atoms with Crippen LogP contribution in [0, 0.1) is 5.92 Å². The Hall–Kier alpha value is -0.570. The van der Waals surface area contributed by atoms with Crippen LogP contribution in [0.1, 0.15) is 33.6 Å². The summed E-state index contributed by atoms with van der Waals surface area (Å²) in [6.45, 7) is 7.56. The molecule has 0 spiro atoms. The summed E-state index contributed by atoms with van der Waals surface area (Å²) in [6, 6.07) is 0. The number of nitrogens with zero attached hydrogens (tertiary/aromatic N) is 1. The van der Waals surface area contributed by atoms with Crippen LogP contribution in [0.4, 0.5) is 0 Å². The number of nitrogens with two attached hydrogens (primary N) is 1. The van der Waals surface area contributed by atoms with Crippen molar-refractivity contribution >= 4 is 5.91 Å². The zero-order valence-corrected chi connectivity index (χ0v) is 8.84. The van der Waals surface area contributed by atoms with E-state index in [1.54, 1.807) is 0 Å². The van der Waals surface area contributed by atoms with Crippen LogP contribution in [0.2, 0.25) is 0 Å². The lowest BCUT2D eigenvalue weighted by Gasteiger charge is -2.46. The van der Waals surface area contributed by atoms with E-state index in [1.165, 1.54) is 0 Å². The maximum absolute atomic E-state index is 11.7. The summed E-state index contributed by atoms with van der Waals surface area (Å²) >= 11 is 0. The van der Waals surface area contributed by atoms with E-state index in [0.717, 1.165) is 25.9 Å². The molecular formula is C10H20N2O. The highest BCUT2D eigenvalue weighted by atomic mass is 16.2. The lowest BCUT2D eigenvalue weighted by atomic mass is 9.90. The van der Waals surface area contributed by atoms with Crippen molar-refractivity contribution in [2.24, 2.45) is 11.7 Å². The lowest BCUT2D eigenvalue weighted by Crippen LogP contribution is -2.67. The van der Waals surface area contributed by atoms with E-state index in [1.807, 2.05) is 11.8 Å². The van der Waals surface area contributed by atoms with Crippen LogP contribution in [0.3, 0.4) is 0 Å². The Bertz CT molecular complexity index is 189. The summed E-state index contributed by atoms with van der Waals surface area (Å²) in [5.41, 5.74) is 5.70. The van der Waals surface area contributed by atoms with Gasteiger partial charge in [-0.05, 0) is 19.8 Å². The van der Waals surface area contributed by atoms with Crippen LogP contribution in [-0.2, 0) is 4.79 Å². The molecule has 2 N–H and O–H groups in total. The van der Waals surface area contributed by atoms with Crippen LogP contribution < -0.4 is 5.73 Å². The van der Waals surface area contributed by atoms with Crippen LogP contribution in [0.25, 0.3) is 0 Å². The second-order valence-electron chi connectivity index (χ2n) is 4.36. The highest BCUT2D eigenvalue weighted by Crippen LogP contribution is 2.22. The largest absolute Gasteiger partial charge is 0.339 e. The lowest BCUT2D eigenvalue weighted by molar-refractivity contribution is -0.142. The van der Waals surface area contributed by atoms with Crippen molar-refractivity contribution in [3.8, 4) is 0 Å². The van der Waals surface area contributed by atoms with Crippen molar-refractivity contribution < 1.29 is 4.79 Å². The Kier molecular flexibility index (Phi) is 2.96. The first-order chi connectivity index (χ1) is 6.00. The molecule has 1 saturated heterocycles. The summed E-state index contributed by atoms with van der Waals surface area (Å²) in [6.07, 6.45) is 1.88. The second-order valence-corrected chi connectivity index (χ2v) is 4.36. The molecule has 0 atom stereocenters. The van der Waals surface area contributed by atoms with Crippen LogP contribution in [-0.4, -0.2) is 29.4 Å². The van der Waals surface area contributed by atoms with Gasteiger partial charge in [0.1, 0.15) is 0 Å². The number of carbonyl (C=O) groups is 1. The summed E-state index contributed by atoms with van der Waals surface area (Å²) in [5.74, 6) is 0.490. The van der Waals surface area contributed by atoms with E-state index < -0.39 is 0 Å².